The molecule has 2 fully saturated rings. The number of hydrazine groups is 1. The van der Waals surface area contributed by atoms with Crippen LogP contribution in [-0.4, -0.2) is 60.7 Å². The van der Waals surface area contributed by atoms with E-state index in [1.54, 1.807) is 6.07 Å². The Hall–Kier alpha value is -1.70. The second-order valence-electron chi connectivity index (χ2n) is 7.83. The number of piperidine rings is 1. The molecular weight excluding hydrogens is 333 g/mol. The summed E-state index contributed by atoms with van der Waals surface area (Å²) in [4.78, 5) is 15.0. The Kier molecular flexibility index (Phi) is 4.86. The second-order valence-corrected chi connectivity index (χ2v) is 7.83. The predicted octanol–water partition coefficient (Wildman–Crippen LogP) is 1.22. The monoisotopic (exact) mass is 361 g/mol. The van der Waals surface area contributed by atoms with Gasteiger partial charge in [0.15, 0.2) is 0 Å². The summed E-state index contributed by atoms with van der Waals surface area (Å²) in [6.07, 6.45) is 3.56. The van der Waals surface area contributed by atoms with Gasteiger partial charge in [0.2, 0.25) is 5.91 Å². The summed E-state index contributed by atoms with van der Waals surface area (Å²) >= 11 is 0. The first-order chi connectivity index (χ1) is 12.5. The minimum absolute atomic E-state index is 0.0430. The van der Waals surface area contributed by atoms with E-state index in [0.29, 0.717) is 18.0 Å². The number of likely N-dealkylation sites (tertiary alicyclic amines) is 1. The fraction of sp³-hybridized carbons (Fsp3) is 0.632. The summed E-state index contributed by atoms with van der Waals surface area (Å²) in [5.74, 6) is -0.302. The molecule has 6 nitrogen and oxygen atoms in total. The van der Waals surface area contributed by atoms with Gasteiger partial charge in [0.25, 0.3) is 0 Å². The fourth-order valence-corrected chi connectivity index (χ4v) is 4.30. The molecule has 142 valence electrons. The van der Waals surface area contributed by atoms with Crippen LogP contribution in [0.2, 0.25) is 0 Å². The number of hydrogen-bond donors (Lipinski definition) is 3. The summed E-state index contributed by atoms with van der Waals surface area (Å²) in [5, 5.41) is 8.57. The normalized spacial score (nSPS) is 27.3. The van der Waals surface area contributed by atoms with E-state index >= 15 is 0 Å². The van der Waals surface area contributed by atoms with Gasteiger partial charge in [-0.05, 0) is 58.0 Å². The number of nitrogens with zero attached hydrogens (tertiary/aromatic N) is 2. The Labute approximate surface area is 154 Å². The van der Waals surface area contributed by atoms with Crippen LogP contribution in [0.4, 0.5) is 10.1 Å². The number of hydrogen-bond acceptors (Lipinski definition) is 5. The van der Waals surface area contributed by atoms with Gasteiger partial charge in [-0.1, -0.05) is 6.07 Å². The van der Waals surface area contributed by atoms with Crippen molar-refractivity contribution in [2.45, 2.75) is 50.9 Å². The number of amides is 1. The molecule has 0 bridgehead atoms. The first-order valence-corrected chi connectivity index (χ1v) is 9.57. The lowest BCUT2D eigenvalue weighted by Gasteiger charge is -2.35. The molecule has 0 spiro atoms. The molecule has 0 saturated carbocycles. The molecule has 7 heteroatoms. The molecule has 1 amide bonds. The molecule has 2 atom stereocenters. The summed E-state index contributed by atoms with van der Waals surface area (Å²) < 4.78 is 14.0. The van der Waals surface area contributed by atoms with Crippen LogP contribution in [0.15, 0.2) is 12.1 Å². The molecule has 2 saturated heterocycles. The molecule has 4 rings (SSSR count). The Balaban J connectivity index is 1.31. The van der Waals surface area contributed by atoms with E-state index in [1.807, 2.05) is 6.92 Å². The molecule has 0 aliphatic carbocycles. The van der Waals surface area contributed by atoms with Gasteiger partial charge in [-0.15, -0.1) is 0 Å². The van der Waals surface area contributed by atoms with Crippen molar-refractivity contribution < 1.29 is 9.18 Å². The van der Waals surface area contributed by atoms with Crippen molar-refractivity contribution in [1.29, 1.82) is 0 Å². The van der Waals surface area contributed by atoms with Crippen LogP contribution < -0.4 is 16.1 Å². The number of benzene rings is 1. The molecule has 0 aromatic heterocycles. The van der Waals surface area contributed by atoms with E-state index in [0.717, 1.165) is 50.1 Å². The average Bonchev–Trinajstić information content (AvgIpc) is 3.27. The lowest BCUT2D eigenvalue weighted by molar-refractivity contribution is -0.122. The summed E-state index contributed by atoms with van der Waals surface area (Å²) in [6.45, 7) is 5.12. The molecule has 1 aromatic rings. The molecule has 1 aromatic carbocycles. The lowest BCUT2D eigenvalue weighted by Crippen LogP contribution is -2.53. The van der Waals surface area contributed by atoms with Crippen molar-refractivity contribution >= 4 is 11.6 Å². The van der Waals surface area contributed by atoms with Gasteiger partial charge in [0.1, 0.15) is 11.9 Å². The standard InChI is InChI=1S/C19H28FN5O/c1-12-3-4-15(20)14-11-16(21-18(12)14)19(26)22-17-7-10-25(23-17)13-5-8-24(2)9-6-13/h3-4,13,16-17,21,23H,5-11H2,1-2H3,(H,22,26). The molecule has 3 aliphatic rings. The summed E-state index contributed by atoms with van der Waals surface area (Å²) in [7, 11) is 2.16. The van der Waals surface area contributed by atoms with Gasteiger partial charge < -0.3 is 15.5 Å². The minimum atomic E-state index is -0.403. The molecular formula is C19H28FN5O. The maximum Gasteiger partial charge on any atom is 0.244 e. The van der Waals surface area contributed by atoms with E-state index in [-0.39, 0.29) is 17.9 Å². The predicted molar refractivity (Wildman–Crippen MR) is 99.2 cm³/mol. The Bertz CT molecular complexity index is 658. The van der Waals surface area contributed by atoms with Gasteiger partial charge >= 0.3 is 0 Å². The van der Waals surface area contributed by atoms with Crippen LogP contribution >= 0.6 is 0 Å². The molecule has 3 aliphatic heterocycles. The number of carbonyl (C=O) groups is 1. The Morgan fingerprint density at radius 1 is 1.23 bits per heavy atom. The zero-order valence-corrected chi connectivity index (χ0v) is 15.5. The molecule has 2 unspecified atom stereocenters. The molecule has 3 N–H and O–H groups in total. The van der Waals surface area contributed by atoms with Crippen LogP contribution in [-0.2, 0) is 11.2 Å². The van der Waals surface area contributed by atoms with Gasteiger partial charge in [-0.2, -0.15) is 0 Å². The van der Waals surface area contributed by atoms with Crippen molar-refractivity contribution in [3.63, 3.8) is 0 Å². The first kappa shape index (κ1) is 17.7. The second kappa shape index (κ2) is 7.13. The Morgan fingerprint density at radius 2 is 2.00 bits per heavy atom. The van der Waals surface area contributed by atoms with Gasteiger partial charge in [-0.3, -0.25) is 4.79 Å². The SMILES string of the molecule is Cc1ccc(F)c2c1NC(C(=O)NC1CCN(C3CCN(C)CC3)N1)C2. The Morgan fingerprint density at radius 3 is 2.73 bits per heavy atom. The highest BCUT2D eigenvalue weighted by Gasteiger charge is 2.34. The molecule has 0 radical (unpaired) electrons. The van der Waals surface area contributed by atoms with E-state index in [4.69, 9.17) is 0 Å². The van der Waals surface area contributed by atoms with Crippen LogP contribution in [0.5, 0.6) is 0 Å². The van der Waals surface area contributed by atoms with Gasteiger partial charge in [0, 0.05) is 30.3 Å². The number of rotatable bonds is 3. The molecule has 3 heterocycles. The lowest BCUT2D eigenvalue weighted by atomic mass is 10.1. The number of halogens is 1. The maximum absolute atomic E-state index is 14.0. The summed E-state index contributed by atoms with van der Waals surface area (Å²) in [5.41, 5.74) is 5.83. The highest BCUT2D eigenvalue weighted by molar-refractivity contribution is 5.88. The number of carbonyl (C=O) groups excluding carboxylic acids is 1. The third kappa shape index (κ3) is 3.43. The van der Waals surface area contributed by atoms with Crippen LogP contribution in [0.25, 0.3) is 0 Å². The largest absolute Gasteiger partial charge is 0.373 e. The first-order valence-electron chi connectivity index (χ1n) is 9.57. The number of nitrogens with one attached hydrogen (secondary N) is 3. The zero-order valence-electron chi connectivity index (χ0n) is 15.5. The van der Waals surface area contributed by atoms with Crippen LogP contribution in [0, 0.1) is 12.7 Å². The van der Waals surface area contributed by atoms with Crippen LogP contribution in [0.3, 0.4) is 0 Å². The molecule has 26 heavy (non-hydrogen) atoms. The third-order valence-electron chi connectivity index (χ3n) is 5.93. The van der Waals surface area contributed by atoms with Crippen molar-refractivity contribution in [3.8, 4) is 0 Å². The highest BCUT2D eigenvalue weighted by Crippen LogP contribution is 2.31. The maximum atomic E-state index is 14.0. The van der Waals surface area contributed by atoms with Gasteiger partial charge in [0.05, 0.1) is 6.17 Å². The van der Waals surface area contributed by atoms with E-state index < -0.39 is 6.04 Å². The van der Waals surface area contributed by atoms with E-state index in [2.05, 4.69) is 33.0 Å². The number of fused-ring (bicyclic) bond motifs is 1. The fourth-order valence-electron chi connectivity index (χ4n) is 4.30. The highest BCUT2D eigenvalue weighted by atomic mass is 19.1. The van der Waals surface area contributed by atoms with Crippen molar-refractivity contribution in [3.05, 3.63) is 29.1 Å². The smallest absolute Gasteiger partial charge is 0.244 e. The summed E-state index contributed by atoms with van der Waals surface area (Å²) in [6, 6.07) is 3.37. The number of aryl methyl sites for hydroxylation is 1. The van der Waals surface area contributed by atoms with Crippen molar-refractivity contribution in [2.75, 3.05) is 32.0 Å². The quantitative estimate of drug-likeness (QED) is 0.756. The van der Waals surface area contributed by atoms with Crippen molar-refractivity contribution in [2.24, 2.45) is 0 Å². The minimum Gasteiger partial charge on any atom is -0.373 e. The van der Waals surface area contributed by atoms with Crippen molar-refractivity contribution in [1.82, 2.24) is 20.7 Å². The average molecular weight is 361 g/mol. The zero-order chi connectivity index (χ0) is 18.3. The number of anilines is 1. The third-order valence-corrected chi connectivity index (χ3v) is 5.93. The van der Waals surface area contributed by atoms with E-state index in [9.17, 15) is 9.18 Å². The van der Waals surface area contributed by atoms with Gasteiger partial charge in [-0.25, -0.2) is 14.8 Å². The van der Waals surface area contributed by atoms with E-state index in [1.165, 1.54) is 6.07 Å². The topological polar surface area (TPSA) is 59.6 Å². The van der Waals surface area contributed by atoms with Crippen LogP contribution in [0.1, 0.15) is 30.4 Å².